The molecule has 0 atom stereocenters. The highest BCUT2D eigenvalue weighted by Crippen LogP contribution is 2.41. The topological polar surface area (TPSA) is 118 Å². The van der Waals surface area contributed by atoms with E-state index in [-0.39, 0.29) is 17.7 Å². The van der Waals surface area contributed by atoms with E-state index in [4.69, 9.17) is 24.2 Å². The van der Waals surface area contributed by atoms with Crippen LogP contribution in [0.5, 0.6) is 5.75 Å². The lowest BCUT2D eigenvalue weighted by Gasteiger charge is -2.36. The predicted molar refractivity (Wildman–Crippen MR) is 168 cm³/mol. The molecular weight excluding hydrogens is 556 g/mol. The van der Waals surface area contributed by atoms with Crippen molar-refractivity contribution in [2.24, 2.45) is 17.8 Å². The number of nitrogens with zero attached hydrogens (tertiary/aromatic N) is 3. The molecule has 2 amide bonds. The monoisotopic (exact) mass is 600 g/mol. The van der Waals surface area contributed by atoms with E-state index in [9.17, 15) is 9.59 Å². The Balaban J connectivity index is 1.17. The maximum Gasteiger partial charge on any atom is 0.404 e. The molecule has 0 aliphatic heterocycles. The van der Waals surface area contributed by atoms with Crippen LogP contribution in [0.1, 0.15) is 93.1 Å². The van der Waals surface area contributed by atoms with Crippen LogP contribution < -0.4 is 15.0 Å². The van der Waals surface area contributed by atoms with Crippen molar-refractivity contribution in [3.8, 4) is 17.0 Å². The number of carbonyl (C=O) groups is 2. The van der Waals surface area contributed by atoms with Crippen LogP contribution in [0, 0.1) is 24.7 Å². The molecule has 0 unspecified atom stereocenters. The number of nitrogens with one attached hydrogen (secondary N) is 1. The van der Waals surface area contributed by atoms with Gasteiger partial charge in [-0.15, -0.1) is 0 Å². The minimum absolute atomic E-state index is 0.0892. The highest BCUT2D eigenvalue weighted by molar-refractivity contribution is 5.94. The Morgan fingerprint density at radius 2 is 1.70 bits per heavy atom. The fourth-order valence-corrected chi connectivity index (χ4v) is 7.12. The number of oxazole rings is 1. The lowest BCUT2D eigenvalue weighted by Crippen LogP contribution is -2.42. The van der Waals surface area contributed by atoms with Gasteiger partial charge in [0.05, 0.1) is 7.11 Å². The van der Waals surface area contributed by atoms with Crippen LogP contribution >= 0.6 is 0 Å². The van der Waals surface area contributed by atoms with Crippen molar-refractivity contribution in [2.75, 3.05) is 25.1 Å². The van der Waals surface area contributed by atoms with E-state index in [2.05, 4.69) is 30.4 Å². The summed E-state index contributed by atoms with van der Waals surface area (Å²) in [5, 5.41) is 11.5. The molecule has 234 valence electrons. The Kier molecular flexibility index (Phi) is 9.19. The third kappa shape index (κ3) is 7.08. The summed E-state index contributed by atoms with van der Waals surface area (Å²) >= 11 is 0. The molecule has 0 saturated heterocycles. The molecule has 2 N–H and O–H groups in total. The second-order valence-corrected chi connectivity index (χ2v) is 13.0. The van der Waals surface area contributed by atoms with E-state index in [1.54, 1.807) is 19.6 Å². The highest BCUT2D eigenvalue weighted by Gasteiger charge is 2.34. The number of rotatable bonds is 10. The van der Waals surface area contributed by atoms with Gasteiger partial charge in [0.2, 0.25) is 5.91 Å². The van der Waals surface area contributed by atoms with Gasteiger partial charge in [-0.3, -0.25) is 9.69 Å². The quantitative estimate of drug-likeness (QED) is 0.250. The zero-order chi connectivity index (χ0) is 30.6. The molecule has 9 heteroatoms. The predicted octanol–water partition coefficient (Wildman–Crippen LogP) is 7.31. The summed E-state index contributed by atoms with van der Waals surface area (Å²) in [5.74, 6) is 4.05. The zero-order valence-electron chi connectivity index (χ0n) is 25.8. The Morgan fingerprint density at radius 3 is 2.39 bits per heavy atom. The van der Waals surface area contributed by atoms with Crippen LogP contribution in [0.3, 0.4) is 0 Å². The molecule has 6 rings (SSSR count). The number of aromatic nitrogens is 2. The summed E-state index contributed by atoms with van der Waals surface area (Å²) in [6, 6.07) is 10.5. The molecule has 1 aromatic carbocycles. The molecule has 0 spiro atoms. The second kappa shape index (κ2) is 13.4. The number of benzene rings is 1. The average Bonchev–Trinajstić information content (AvgIpc) is 3.78. The maximum atomic E-state index is 14.2. The third-order valence-corrected chi connectivity index (χ3v) is 9.95. The Morgan fingerprint density at radius 1 is 0.977 bits per heavy atom. The third-order valence-electron chi connectivity index (χ3n) is 9.95. The fourth-order valence-electron chi connectivity index (χ4n) is 7.12. The minimum Gasteiger partial charge on any atom is -0.496 e. The minimum atomic E-state index is -0.992. The van der Waals surface area contributed by atoms with E-state index in [0.717, 1.165) is 87.1 Å². The van der Waals surface area contributed by atoms with Crippen molar-refractivity contribution >= 4 is 17.8 Å². The van der Waals surface area contributed by atoms with Crippen LogP contribution in [0.25, 0.3) is 11.3 Å². The van der Waals surface area contributed by atoms with Crippen LogP contribution in [0.4, 0.5) is 10.6 Å². The van der Waals surface area contributed by atoms with Gasteiger partial charge in [-0.05, 0) is 118 Å². The first-order valence-corrected chi connectivity index (χ1v) is 16.2. The first-order chi connectivity index (χ1) is 21.4. The van der Waals surface area contributed by atoms with Crippen LogP contribution in [0.2, 0.25) is 0 Å². The van der Waals surface area contributed by atoms with Crippen molar-refractivity contribution < 1.29 is 23.8 Å². The van der Waals surface area contributed by atoms with Gasteiger partial charge in [-0.1, -0.05) is 12.1 Å². The van der Waals surface area contributed by atoms with Gasteiger partial charge in [0.15, 0.2) is 5.89 Å². The number of amides is 2. The number of hydrogen-bond donors (Lipinski definition) is 2. The number of methoxy groups -OCH3 is 1. The molecule has 44 heavy (non-hydrogen) atoms. The molecule has 0 radical (unpaired) electrons. The van der Waals surface area contributed by atoms with Crippen molar-refractivity contribution in [1.29, 1.82) is 0 Å². The molecule has 3 aromatic rings. The first kappa shape index (κ1) is 30.2. The van der Waals surface area contributed by atoms with E-state index in [1.165, 1.54) is 11.1 Å². The van der Waals surface area contributed by atoms with Gasteiger partial charge in [-0.2, -0.15) is 0 Å². The van der Waals surface area contributed by atoms with Gasteiger partial charge in [0.25, 0.3) is 0 Å². The number of carbonyl (C=O) groups excluding carboxylic acids is 1. The summed E-state index contributed by atoms with van der Waals surface area (Å²) in [4.78, 5) is 36.6. The first-order valence-electron chi connectivity index (χ1n) is 16.2. The molecule has 2 aromatic heterocycles. The highest BCUT2D eigenvalue weighted by atomic mass is 16.5. The lowest BCUT2D eigenvalue weighted by molar-refractivity contribution is -0.123. The number of pyridine rings is 1. The Labute approximate surface area is 259 Å². The summed E-state index contributed by atoms with van der Waals surface area (Å²) in [5.41, 5.74) is 4.23. The van der Waals surface area contributed by atoms with Crippen molar-refractivity contribution in [2.45, 2.75) is 83.0 Å². The summed E-state index contributed by atoms with van der Waals surface area (Å²) < 4.78 is 11.2. The number of ether oxygens (including phenoxy) is 1. The Hall–Kier alpha value is -3.88. The summed E-state index contributed by atoms with van der Waals surface area (Å²) in [6.45, 7) is 3.19. The molecule has 3 fully saturated rings. The van der Waals surface area contributed by atoms with Crippen molar-refractivity contribution in [1.82, 2.24) is 15.3 Å². The van der Waals surface area contributed by atoms with E-state index >= 15 is 0 Å². The second-order valence-electron chi connectivity index (χ2n) is 13.0. The number of aryl methyl sites for hydroxylation is 1. The summed E-state index contributed by atoms with van der Waals surface area (Å²) in [7, 11) is 1.71. The SMILES string of the molecule is COc1ccc([C@H]2CC[C@H](CN(c3cc(-c4coc(C5CC5)n4)ccn3)C(=O)[C@H]3CC[C@H](CNC(=O)O)CC3)CC2)cc1C. The average molecular weight is 601 g/mol. The van der Waals surface area contributed by atoms with Crippen LogP contribution in [-0.4, -0.2) is 47.3 Å². The Bertz CT molecular complexity index is 1450. The van der Waals surface area contributed by atoms with Crippen molar-refractivity contribution in [3.05, 3.63) is 59.8 Å². The largest absolute Gasteiger partial charge is 0.496 e. The van der Waals surface area contributed by atoms with Gasteiger partial charge < -0.3 is 19.6 Å². The molecular formula is C35H44N4O5. The summed E-state index contributed by atoms with van der Waals surface area (Å²) in [6.07, 6.45) is 12.2. The van der Waals surface area contributed by atoms with Gasteiger partial charge in [0.1, 0.15) is 23.5 Å². The smallest absolute Gasteiger partial charge is 0.404 e. The number of carboxylic acid groups (broad SMARTS) is 1. The molecule has 3 aliphatic rings. The van der Waals surface area contributed by atoms with Crippen molar-refractivity contribution in [3.63, 3.8) is 0 Å². The lowest BCUT2D eigenvalue weighted by atomic mass is 9.77. The maximum absolute atomic E-state index is 14.2. The molecule has 0 bridgehead atoms. The fraction of sp³-hybridized carbons (Fsp3) is 0.543. The number of anilines is 1. The van der Waals surface area contributed by atoms with E-state index in [1.807, 2.05) is 17.0 Å². The molecule has 3 saturated carbocycles. The normalized spacial score (nSPS) is 23.6. The van der Waals surface area contributed by atoms with E-state index < -0.39 is 6.09 Å². The van der Waals surface area contributed by atoms with Crippen LogP contribution in [0.15, 0.2) is 47.2 Å². The molecule has 9 nitrogen and oxygen atoms in total. The molecule has 2 heterocycles. The van der Waals surface area contributed by atoms with Gasteiger partial charge in [0, 0.05) is 36.7 Å². The van der Waals surface area contributed by atoms with Gasteiger partial charge in [-0.25, -0.2) is 14.8 Å². The van der Waals surface area contributed by atoms with E-state index in [0.29, 0.717) is 36.7 Å². The zero-order valence-corrected chi connectivity index (χ0v) is 25.8. The molecule has 3 aliphatic carbocycles. The van der Waals surface area contributed by atoms with Gasteiger partial charge >= 0.3 is 6.09 Å². The van der Waals surface area contributed by atoms with Crippen LogP contribution in [-0.2, 0) is 4.79 Å². The number of hydrogen-bond acceptors (Lipinski definition) is 6. The standard InChI is InChI=1S/C35H44N4O5/c1-22-17-28(13-14-31(22)43-2)25-7-5-24(6-8-25)20-39(34(40)27-9-3-23(4-10-27)19-37-35(41)42)32-18-29(15-16-36-32)30-21-44-33(38-30)26-11-12-26/h13-18,21,23-27,37H,3-12,19-20H2,1-2H3,(H,41,42)/t23-,24-,25-,27-.